The van der Waals surface area contributed by atoms with Crippen LogP contribution in [0.4, 0.5) is 4.39 Å². The first kappa shape index (κ1) is 9.20. The van der Waals surface area contributed by atoms with E-state index in [0.717, 1.165) is 6.54 Å². The second-order valence-corrected chi connectivity index (χ2v) is 2.92. The number of hydrogen-bond acceptors (Lipinski definition) is 1. The molecule has 0 aliphatic rings. The minimum Gasteiger partial charge on any atom is -0.308 e. The van der Waals surface area contributed by atoms with Crippen molar-refractivity contribution in [3.8, 4) is 0 Å². The lowest BCUT2D eigenvalue weighted by Crippen LogP contribution is -2.26. The van der Waals surface area contributed by atoms with Crippen molar-refractivity contribution < 1.29 is 4.39 Å². The Morgan fingerprint density at radius 3 is 2.58 bits per heavy atom. The fourth-order valence-electron chi connectivity index (χ4n) is 0.942. The number of rotatable bonds is 4. The third-order valence-corrected chi connectivity index (χ3v) is 1.73. The van der Waals surface area contributed by atoms with Gasteiger partial charge in [-0.15, -0.1) is 0 Å². The van der Waals surface area contributed by atoms with E-state index in [1.165, 1.54) is 5.56 Å². The van der Waals surface area contributed by atoms with Crippen LogP contribution in [0.5, 0.6) is 0 Å². The first-order chi connectivity index (χ1) is 5.83. The smallest absolute Gasteiger partial charge is 0.104 e. The van der Waals surface area contributed by atoms with E-state index in [4.69, 9.17) is 0 Å². The Kier molecular flexibility index (Phi) is 3.74. The molecule has 0 aromatic heterocycles. The third kappa shape index (κ3) is 3.01. The summed E-state index contributed by atoms with van der Waals surface area (Å²) >= 11 is 0. The molecule has 0 aliphatic heterocycles. The topological polar surface area (TPSA) is 12.0 Å². The monoisotopic (exact) mass is 167 g/mol. The maximum atomic E-state index is 12.0. The van der Waals surface area contributed by atoms with E-state index in [0.29, 0.717) is 0 Å². The first-order valence-electron chi connectivity index (χ1n) is 4.16. The summed E-state index contributed by atoms with van der Waals surface area (Å²) in [5, 5.41) is 3.07. The summed E-state index contributed by atoms with van der Waals surface area (Å²) in [6.07, 6.45) is 0. The highest BCUT2D eigenvalue weighted by Crippen LogP contribution is 1.97. The molecule has 1 aromatic carbocycles. The van der Waals surface area contributed by atoms with Crippen LogP contribution in [0.15, 0.2) is 30.3 Å². The summed E-state index contributed by atoms with van der Waals surface area (Å²) in [5.74, 6) is 0. The standard InChI is InChI=1S/C10H14FN/c1-9(7-11)12-8-10-5-3-2-4-6-10/h2-6,9,12H,7-8H2,1H3. The average molecular weight is 167 g/mol. The minimum absolute atomic E-state index is 0.0507. The summed E-state index contributed by atoms with van der Waals surface area (Å²) < 4.78 is 12.0. The fraction of sp³-hybridized carbons (Fsp3) is 0.400. The van der Waals surface area contributed by atoms with Crippen LogP contribution < -0.4 is 5.32 Å². The SMILES string of the molecule is CC(CF)NCc1ccccc1. The van der Waals surface area contributed by atoms with Crippen molar-refractivity contribution >= 4 is 0 Å². The molecule has 0 saturated heterocycles. The first-order valence-corrected chi connectivity index (χ1v) is 4.16. The number of alkyl halides is 1. The molecule has 2 heteroatoms. The molecule has 0 radical (unpaired) electrons. The molecule has 66 valence electrons. The van der Waals surface area contributed by atoms with Gasteiger partial charge >= 0.3 is 0 Å². The molecule has 0 amide bonds. The normalized spacial score (nSPS) is 12.8. The molecule has 1 unspecified atom stereocenters. The predicted molar refractivity (Wildman–Crippen MR) is 48.7 cm³/mol. The van der Waals surface area contributed by atoms with Gasteiger partial charge in [0.15, 0.2) is 0 Å². The van der Waals surface area contributed by atoms with E-state index < -0.39 is 0 Å². The van der Waals surface area contributed by atoms with Gasteiger partial charge in [0.25, 0.3) is 0 Å². The quantitative estimate of drug-likeness (QED) is 0.724. The minimum atomic E-state index is -0.313. The molecular weight excluding hydrogens is 153 g/mol. The third-order valence-electron chi connectivity index (χ3n) is 1.73. The molecule has 1 atom stereocenters. The maximum absolute atomic E-state index is 12.0. The number of benzene rings is 1. The molecule has 12 heavy (non-hydrogen) atoms. The van der Waals surface area contributed by atoms with Crippen LogP contribution in [0.2, 0.25) is 0 Å². The van der Waals surface area contributed by atoms with Gasteiger partial charge in [-0.3, -0.25) is 0 Å². The van der Waals surface area contributed by atoms with Crippen molar-refractivity contribution in [1.29, 1.82) is 0 Å². The highest BCUT2D eigenvalue weighted by atomic mass is 19.1. The van der Waals surface area contributed by atoms with Gasteiger partial charge in [-0.1, -0.05) is 30.3 Å². The molecule has 1 aromatic rings. The van der Waals surface area contributed by atoms with E-state index in [-0.39, 0.29) is 12.7 Å². The van der Waals surface area contributed by atoms with E-state index in [2.05, 4.69) is 5.32 Å². The summed E-state index contributed by atoms with van der Waals surface area (Å²) in [7, 11) is 0. The van der Waals surface area contributed by atoms with Crippen LogP contribution in [0.25, 0.3) is 0 Å². The van der Waals surface area contributed by atoms with Crippen molar-refractivity contribution in [2.75, 3.05) is 6.67 Å². The van der Waals surface area contributed by atoms with Crippen molar-refractivity contribution in [2.24, 2.45) is 0 Å². The molecule has 1 nitrogen and oxygen atoms in total. The van der Waals surface area contributed by atoms with Gasteiger partial charge in [-0.25, -0.2) is 4.39 Å². The van der Waals surface area contributed by atoms with Crippen LogP contribution in [-0.2, 0) is 6.54 Å². The van der Waals surface area contributed by atoms with Crippen LogP contribution in [0.3, 0.4) is 0 Å². The summed E-state index contributed by atoms with van der Waals surface area (Å²) in [6.45, 7) is 2.27. The van der Waals surface area contributed by atoms with Gasteiger partial charge in [-0.2, -0.15) is 0 Å². The Bertz CT molecular complexity index is 210. The fourth-order valence-corrected chi connectivity index (χ4v) is 0.942. The molecule has 0 spiro atoms. The van der Waals surface area contributed by atoms with E-state index in [1.807, 2.05) is 37.3 Å². The highest BCUT2D eigenvalue weighted by molar-refractivity contribution is 5.14. The van der Waals surface area contributed by atoms with Gasteiger partial charge in [-0.05, 0) is 12.5 Å². The van der Waals surface area contributed by atoms with Crippen molar-refractivity contribution in [3.63, 3.8) is 0 Å². The van der Waals surface area contributed by atoms with Gasteiger partial charge in [0.2, 0.25) is 0 Å². The Hall–Kier alpha value is -0.890. The van der Waals surface area contributed by atoms with Crippen molar-refractivity contribution in [1.82, 2.24) is 5.32 Å². The molecule has 1 rings (SSSR count). The molecule has 0 bridgehead atoms. The van der Waals surface area contributed by atoms with Crippen LogP contribution >= 0.6 is 0 Å². The van der Waals surface area contributed by atoms with Crippen LogP contribution in [-0.4, -0.2) is 12.7 Å². The zero-order valence-electron chi connectivity index (χ0n) is 7.26. The largest absolute Gasteiger partial charge is 0.308 e. The Labute approximate surface area is 72.6 Å². The Morgan fingerprint density at radius 1 is 1.33 bits per heavy atom. The highest BCUT2D eigenvalue weighted by Gasteiger charge is 1.98. The lowest BCUT2D eigenvalue weighted by atomic mass is 10.2. The Balaban J connectivity index is 2.33. The molecule has 0 heterocycles. The molecule has 0 fully saturated rings. The maximum Gasteiger partial charge on any atom is 0.104 e. The van der Waals surface area contributed by atoms with Crippen molar-refractivity contribution in [3.05, 3.63) is 35.9 Å². The molecule has 0 aliphatic carbocycles. The van der Waals surface area contributed by atoms with Gasteiger partial charge in [0.1, 0.15) is 6.67 Å². The second kappa shape index (κ2) is 4.88. The molecule has 1 N–H and O–H groups in total. The van der Waals surface area contributed by atoms with Gasteiger partial charge in [0.05, 0.1) is 0 Å². The zero-order chi connectivity index (χ0) is 8.81. The lowest BCUT2D eigenvalue weighted by Gasteiger charge is -2.08. The van der Waals surface area contributed by atoms with Gasteiger partial charge in [0, 0.05) is 12.6 Å². The number of nitrogens with one attached hydrogen (secondary N) is 1. The van der Waals surface area contributed by atoms with E-state index in [1.54, 1.807) is 0 Å². The second-order valence-electron chi connectivity index (χ2n) is 2.92. The predicted octanol–water partition coefficient (Wildman–Crippen LogP) is 2.13. The number of hydrogen-bond donors (Lipinski definition) is 1. The van der Waals surface area contributed by atoms with Crippen molar-refractivity contribution in [2.45, 2.75) is 19.5 Å². The lowest BCUT2D eigenvalue weighted by molar-refractivity contribution is 0.391. The van der Waals surface area contributed by atoms with Crippen LogP contribution in [0, 0.1) is 0 Å². The van der Waals surface area contributed by atoms with E-state index in [9.17, 15) is 4.39 Å². The summed E-state index contributed by atoms with van der Waals surface area (Å²) in [5.41, 5.74) is 1.19. The zero-order valence-corrected chi connectivity index (χ0v) is 7.26. The summed E-state index contributed by atoms with van der Waals surface area (Å²) in [6, 6.07) is 9.94. The average Bonchev–Trinajstić information content (AvgIpc) is 2.16. The molecule has 0 saturated carbocycles. The van der Waals surface area contributed by atoms with E-state index >= 15 is 0 Å². The van der Waals surface area contributed by atoms with Crippen LogP contribution in [0.1, 0.15) is 12.5 Å². The Morgan fingerprint density at radius 2 is 2.00 bits per heavy atom. The van der Waals surface area contributed by atoms with Gasteiger partial charge < -0.3 is 5.32 Å². The molecular formula is C10H14FN. The number of halogens is 1. The summed E-state index contributed by atoms with van der Waals surface area (Å²) in [4.78, 5) is 0.